The first kappa shape index (κ1) is 9.55. The van der Waals surface area contributed by atoms with Gasteiger partial charge in [-0.25, -0.2) is 9.97 Å². The van der Waals surface area contributed by atoms with E-state index in [9.17, 15) is 0 Å². The van der Waals surface area contributed by atoms with Gasteiger partial charge in [-0.05, 0) is 24.9 Å². The molecule has 1 fully saturated rings. The minimum Gasteiger partial charge on any atom is -0.396 e. The zero-order chi connectivity index (χ0) is 9.80. The third-order valence-electron chi connectivity index (χ3n) is 2.66. The van der Waals surface area contributed by atoms with Crippen molar-refractivity contribution in [3.63, 3.8) is 0 Å². The van der Waals surface area contributed by atoms with Crippen molar-refractivity contribution in [3.05, 3.63) is 24.3 Å². The molecule has 1 aromatic heterocycles. The summed E-state index contributed by atoms with van der Waals surface area (Å²) in [7, 11) is 0. The van der Waals surface area contributed by atoms with Crippen molar-refractivity contribution in [3.8, 4) is 0 Å². The summed E-state index contributed by atoms with van der Waals surface area (Å²) >= 11 is 0. The molecule has 2 heterocycles. The van der Waals surface area contributed by atoms with Crippen molar-refractivity contribution in [1.82, 2.24) is 14.9 Å². The predicted molar refractivity (Wildman–Crippen MR) is 52.5 cm³/mol. The molecule has 0 bridgehead atoms. The quantitative estimate of drug-likeness (QED) is 0.749. The lowest BCUT2D eigenvalue weighted by atomic mass is 10.1. The van der Waals surface area contributed by atoms with Crippen molar-refractivity contribution >= 4 is 0 Å². The molecule has 1 aliphatic heterocycles. The van der Waals surface area contributed by atoms with Crippen molar-refractivity contribution in [2.75, 3.05) is 19.7 Å². The maximum atomic E-state index is 9.00. The van der Waals surface area contributed by atoms with Crippen molar-refractivity contribution in [2.24, 2.45) is 5.92 Å². The number of aromatic nitrogens is 2. The second-order valence-corrected chi connectivity index (χ2v) is 3.77. The van der Waals surface area contributed by atoms with Crippen LogP contribution in [0.15, 0.2) is 18.6 Å². The third kappa shape index (κ3) is 2.27. The molecule has 0 spiro atoms. The van der Waals surface area contributed by atoms with Gasteiger partial charge in [-0.2, -0.15) is 0 Å². The van der Waals surface area contributed by atoms with Crippen LogP contribution in [0, 0.1) is 5.92 Å². The Morgan fingerprint density at radius 3 is 3.14 bits per heavy atom. The molecule has 4 nitrogen and oxygen atoms in total. The molecule has 0 radical (unpaired) electrons. The van der Waals surface area contributed by atoms with Gasteiger partial charge < -0.3 is 5.11 Å². The summed E-state index contributed by atoms with van der Waals surface area (Å²) < 4.78 is 0. The minimum absolute atomic E-state index is 0.306. The second-order valence-electron chi connectivity index (χ2n) is 3.77. The van der Waals surface area contributed by atoms with E-state index in [1.165, 1.54) is 0 Å². The fourth-order valence-corrected chi connectivity index (χ4v) is 1.85. The number of nitrogens with zero attached hydrogens (tertiary/aromatic N) is 3. The lowest BCUT2D eigenvalue weighted by molar-refractivity contribution is 0.219. The van der Waals surface area contributed by atoms with Crippen LogP contribution in [0.1, 0.15) is 12.1 Å². The Balaban J connectivity index is 1.88. The van der Waals surface area contributed by atoms with Gasteiger partial charge in [-0.15, -0.1) is 0 Å². The van der Waals surface area contributed by atoms with E-state index in [4.69, 9.17) is 5.11 Å². The number of aliphatic hydroxyl groups excluding tert-OH is 1. The van der Waals surface area contributed by atoms with Crippen LogP contribution in [0.2, 0.25) is 0 Å². The van der Waals surface area contributed by atoms with Crippen LogP contribution < -0.4 is 0 Å². The molecule has 1 saturated heterocycles. The summed E-state index contributed by atoms with van der Waals surface area (Å²) in [6.45, 7) is 3.23. The number of hydrogen-bond acceptors (Lipinski definition) is 4. The largest absolute Gasteiger partial charge is 0.396 e. The maximum Gasteiger partial charge on any atom is 0.115 e. The van der Waals surface area contributed by atoms with Crippen LogP contribution >= 0.6 is 0 Å². The molecule has 0 saturated carbocycles. The van der Waals surface area contributed by atoms with E-state index in [-0.39, 0.29) is 0 Å². The van der Waals surface area contributed by atoms with Gasteiger partial charge in [0.15, 0.2) is 0 Å². The van der Waals surface area contributed by atoms with Gasteiger partial charge in [0.25, 0.3) is 0 Å². The molecule has 4 heteroatoms. The smallest absolute Gasteiger partial charge is 0.115 e. The maximum absolute atomic E-state index is 9.00. The van der Waals surface area contributed by atoms with Gasteiger partial charge in [0.2, 0.25) is 0 Å². The number of hydrogen-bond donors (Lipinski definition) is 1. The van der Waals surface area contributed by atoms with E-state index < -0.39 is 0 Å². The Morgan fingerprint density at radius 1 is 1.57 bits per heavy atom. The Kier molecular flexibility index (Phi) is 3.06. The van der Waals surface area contributed by atoms with E-state index in [1.807, 2.05) is 6.07 Å². The fraction of sp³-hybridized carbons (Fsp3) is 0.600. The minimum atomic E-state index is 0.306. The summed E-state index contributed by atoms with van der Waals surface area (Å²) in [6.07, 6.45) is 4.44. The first-order valence-corrected chi connectivity index (χ1v) is 4.96. The van der Waals surface area contributed by atoms with Crippen LogP contribution in [-0.4, -0.2) is 39.7 Å². The van der Waals surface area contributed by atoms with E-state index in [0.29, 0.717) is 12.5 Å². The van der Waals surface area contributed by atoms with Gasteiger partial charge in [0.05, 0.1) is 5.69 Å². The van der Waals surface area contributed by atoms with Crippen LogP contribution in [0.5, 0.6) is 0 Å². The molecular formula is C10H15N3O. The second kappa shape index (κ2) is 4.48. The molecular weight excluding hydrogens is 178 g/mol. The lowest BCUT2D eigenvalue weighted by Gasteiger charge is -2.14. The molecule has 1 N–H and O–H groups in total. The standard InChI is InChI=1S/C10H15N3O/c14-7-9-2-4-13(5-9)6-10-1-3-11-8-12-10/h1,3,8-9,14H,2,4-7H2. The zero-order valence-electron chi connectivity index (χ0n) is 8.13. The Morgan fingerprint density at radius 2 is 2.50 bits per heavy atom. The highest BCUT2D eigenvalue weighted by Crippen LogP contribution is 2.16. The van der Waals surface area contributed by atoms with E-state index >= 15 is 0 Å². The van der Waals surface area contributed by atoms with Crippen molar-refractivity contribution in [1.29, 1.82) is 0 Å². The molecule has 76 valence electrons. The van der Waals surface area contributed by atoms with Gasteiger partial charge in [-0.3, -0.25) is 4.90 Å². The van der Waals surface area contributed by atoms with Gasteiger partial charge in [0, 0.05) is 25.9 Å². The molecule has 0 amide bonds. The van der Waals surface area contributed by atoms with Crippen molar-refractivity contribution < 1.29 is 5.11 Å². The molecule has 1 atom stereocenters. The van der Waals surface area contributed by atoms with Gasteiger partial charge in [0.1, 0.15) is 6.33 Å². The van der Waals surface area contributed by atoms with E-state index in [2.05, 4.69) is 14.9 Å². The monoisotopic (exact) mass is 193 g/mol. The van der Waals surface area contributed by atoms with E-state index in [1.54, 1.807) is 12.5 Å². The third-order valence-corrected chi connectivity index (χ3v) is 2.66. The van der Waals surface area contributed by atoms with Crippen LogP contribution in [0.3, 0.4) is 0 Å². The summed E-state index contributed by atoms with van der Waals surface area (Å²) in [5.41, 5.74) is 1.05. The highest BCUT2D eigenvalue weighted by Gasteiger charge is 2.21. The number of rotatable bonds is 3. The molecule has 0 aliphatic carbocycles. The lowest BCUT2D eigenvalue weighted by Crippen LogP contribution is -2.21. The van der Waals surface area contributed by atoms with E-state index in [0.717, 1.165) is 31.7 Å². The Labute approximate surface area is 83.6 Å². The zero-order valence-corrected chi connectivity index (χ0v) is 8.13. The first-order chi connectivity index (χ1) is 6.88. The Bertz CT molecular complexity index is 278. The van der Waals surface area contributed by atoms with Crippen LogP contribution in [0.4, 0.5) is 0 Å². The molecule has 0 aromatic carbocycles. The fourth-order valence-electron chi connectivity index (χ4n) is 1.85. The summed E-state index contributed by atoms with van der Waals surface area (Å²) in [4.78, 5) is 10.4. The summed E-state index contributed by atoms with van der Waals surface area (Å²) in [6, 6.07) is 1.94. The topological polar surface area (TPSA) is 49.2 Å². The van der Waals surface area contributed by atoms with Crippen molar-refractivity contribution in [2.45, 2.75) is 13.0 Å². The Hall–Kier alpha value is -1.00. The highest BCUT2D eigenvalue weighted by atomic mass is 16.3. The summed E-state index contributed by atoms with van der Waals surface area (Å²) in [5.74, 6) is 0.455. The molecule has 1 unspecified atom stereocenters. The average molecular weight is 193 g/mol. The SMILES string of the molecule is OCC1CCN(Cc2ccncn2)C1. The average Bonchev–Trinajstić information content (AvgIpc) is 2.67. The molecule has 1 aromatic rings. The molecule has 1 aliphatic rings. The highest BCUT2D eigenvalue weighted by molar-refractivity contribution is 4.98. The van der Waals surface area contributed by atoms with Crippen LogP contribution in [-0.2, 0) is 6.54 Å². The predicted octanol–water partition coefficient (Wildman–Crippen LogP) is 0.291. The molecule has 14 heavy (non-hydrogen) atoms. The first-order valence-electron chi connectivity index (χ1n) is 4.96. The number of aliphatic hydroxyl groups is 1. The van der Waals surface area contributed by atoms with Gasteiger partial charge >= 0.3 is 0 Å². The normalized spacial score (nSPS) is 22.8. The molecule has 2 rings (SSSR count). The number of likely N-dealkylation sites (tertiary alicyclic amines) is 1. The van der Waals surface area contributed by atoms with Crippen LogP contribution in [0.25, 0.3) is 0 Å². The van der Waals surface area contributed by atoms with Gasteiger partial charge in [-0.1, -0.05) is 0 Å². The summed E-state index contributed by atoms with van der Waals surface area (Å²) in [5, 5.41) is 9.00.